The normalized spacial score (nSPS) is 17.6. The molecule has 0 unspecified atom stereocenters. The molecular weight excluding hydrogens is 464 g/mol. The first kappa shape index (κ1) is 24.7. The van der Waals surface area contributed by atoms with Crippen molar-refractivity contribution < 1.29 is 24.1 Å². The standard InChI is InChI=1S/C32H32O5/c1-20(37-28-16-10-9-15-26(28)34-2)30(21-17-18-27(35-3)29(19-21)36-4)31-22-11-5-7-13-24(22)32(33)25-14-8-6-12-23(25)31/h5-20,30-33H,1-4H3/t20-,30+,31?,32?/m0/s1. The predicted molar refractivity (Wildman–Crippen MR) is 144 cm³/mol. The molecule has 4 aromatic rings. The minimum Gasteiger partial charge on any atom is -0.493 e. The highest BCUT2D eigenvalue weighted by Crippen LogP contribution is 2.51. The quantitative estimate of drug-likeness (QED) is 0.302. The lowest BCUT2D eigenvalue weighted by atomic mass is 9.68. The summed E-state index contributed by atoms with van der Waals surface area (Å²) in [7, 11) is 4.93. The molecule has 0 amide bonds. The molecule has 0 aromatic heterocycles. The molecule has 0 radical (unpaired) electrons. The fraction of sp³-hybridized carbons (Fsp3) is 0.250. The number of ether oxygens (including phenoxy) is 4. The van der Waals surface area contributed by atoms with Gasteiger partial charge in [0.2, 0.25) is 0 Å². The van der Waals surface area contributed by atoms with Gasteiger partial charge in [-0.2, -0.15) is 0 Å². The van der Waals surface area contributed by atoms with Crippen LogP contribution < -0.4 is 18.9 Å². The summed E-state index contributed by atoms with van der Waals surface area (Å²) in [6, 6.07) is 30.0. The maximum absolute atomic E-state index is 11.3. The van der Waals surface area contributed by atoms with E-state index >= 15 is 0 Å². The van der Waals surface area contributed by atoms with Crippen molar-refractivity contribution >= 4 is 0 Å². The molecular formula is C32H32O5. The van der Waals surface area contributed by atoms with Gasteiger partial charge in [-0.25, -0.2) is 0 Å². The van der Waals surface area contributed by atoms with Crippen LogP contribution >= 0.6 is 0 Å². The molecule has 1 N–H and O–H groups in total. The maximum atomic E-state index is 11.3. The minimum absolute atomic E-state index is 0.0707. The van der Waals surface area contributed by atoms with Crippen LogP contribution in [0.1, 0.15) is 52.7 Å². The molecule has 5 nitrogen and oxygen atoms in total. The first-order chi connectivity index (χ1) is 18.1. The Bertz CT molecular complexity index is 1330. The number of rotatable bonds is 8. The Hall–Kier alpha value is -3.96. The topological polar surface area (TPSA) is 57.2 Å². The molecule has 5 heteroatoms. The van der Waals surface area contributed by atoms with Crippen molar-refractivity contribution in [2.75, 3.05) is 21.3 Å². The average molecular weight is 497 g/mol. The van der Waals surface area contributed by atoms with Crippen molar-refractivity contribution in [1.82, 2.24) is 0 Å². The van der Waals surface area contributed by atoms with E-state index in [0.717, 1.165) is 27.8 Å². The highest BCUT2D eigenvalue weighted by Gasteiger charge is 2.39. The second-order valence-corrected chi connectivity index (χ2v) is 9.25. The fourth-order valence-electron chi connectivity index (χ4n) is 5.59. The van der Waals surface area contributed by atoms with Crippen LogP contribution in [0, 0.1) is 0 Å². The lowest BCUT2D eigenvalue weighted by Gasteiger charge is -2.39. The van der Waals surface area contributed by atoms with Gasteiger partial charge in [-0.05, 0) is 59.0 Å². The minimum atomic E-state index is -0.680. The zero-order valence-corrected chi connectivity index (χ0v) is 21.5. The Morgan fingerprint density at radius 2 is 1.08 bits per heavy atom. The summed E-state index contributed by atoms with van der Waals surface area (Å²) in [5.41, 5.74) is 5.06. The third-order valence-corrected chi connectivity index (χ3v) is 7.29. The van der Waals surface area contributed by atoms with Gasteiger partial charge in [-0.1, -0.05) is 66.7 Å². The molecule has 190 valence electrons. The molecule has 5 rings (SSSR count). The van der Waals surface area contributed by atoms with Crippen LogP contribution in [0.2, 0.25) is 0 Å². The third kappa shape index (κ3) is 4.51. The highest BCUT2D eigenvalue weighted by atomic mass is 16.5. The van der Waals surface area contributed by atoms with Gasteiger partial charge in [-0.15, -0.1) is 0 Å². The zero-order chi connectivity index (χ0) is 25.9. The molecule has 0 saturated heterocycles. The second-order valence-electron chi connectivity index (χ2n) is 9.25. The van der Waals surface area contributed by atoms with E-state index in [1.54, 1.807) is 21.3 Å². The first-order valence-corrected chi connectivity index (χ1v) is 12.4. The summed E-state index contributed by atoms with van der Waals surface area (Å²) in [6.07, 6.45) is -0.948. The zero-order valence-electron chi connectivity index (χ0n) is 21.5. The second kappa shape index (κ2) is 10.6. The molecule has 4 aromatic carbocycles. The molecule has 37 heavy (non-hydrogen) atoms. The predicted octanol–water partition coefficient (Wildman–Crippen LogP) is 6.49. The van der Waals surface area contributed by atoms with Crippen molar-refractivity contribution in [2.45, 2.75) is 31.0 Å². The van der Waals surface area contributed by atoms with E-state index in [0.29, 0.717) is 23.0 Å². The SMILES string of the molecule is COc1ccc([C@H](C2c3ccccc3C(O)c3ccccc32)[C@H](C)Oc2ccccc2OC)cc1OC. The van der Waals surface area contributed by atoms with Crippen LogP contribution in [0.15, 0.2) is 91.0 Å². The van der Waals surface area contributed by atoms with Crippen molar-refractivity contribution in [1.29, 1.82) is 0 Å². The molecule has 1 aliphatic rings. The van der Waals surface area contributed by atoms with Gasteiger partial charge < -0.3 is 24.1 Å². The van der Waals surface area contributed by atoms with Crippen molar-refractivity contribution in [3.63, 3.8) is 0 Å². The van der Waals surface area contributed by atoms with Gasteiger partial charge in [-0.3, -0.25) is 0 Å². The van der Waals surface area contributed by atoms with Gasteiger partial charge in [0.05, 0.1) is 21.3 Å². The summed E-state index contributed by atoms with van der Waals surface area (Å²) in [4.78, 5) is 0. The van der Waals surface area contributed by atoms with Crippen molar-refractivity contribution in [3.8, 4) is 23.0 Å². The van der Waals surface area contributed by atoms with Gasteiger partial charge in [0.1, 0.15) is 12.2 Å². The third-order valence-electron chi connectivity index (χ3n) is 7.29. The summed E-state index contributed by atoms with van der Waals surface area (Å²) in [5, 5.41) is 11.3. The number of methoxy groups -OCH3 is 3. The highest BCUT2D eigenvalue weighted by molar-refractivity contribution is 5.55. The molecule has 2 atom stereocenters. The largest absolute Gasteiger partial charge is 0.493 e. The van der Waals surface area contributed by atoms with Gasteiger partial charge in [0.15, 0.2) is 23.0 Å². The van der Waals surface area contributed by atoms with Crippen LogP contribution in [0.25, 0.3) is 0 Å². The summed E-state index contributed by atoms with van der Waals surface area (Å²) in [5.74, 6) is 2.49. The maximum Gasteiger partial charge on any atom is 0.161 e. The summed E-state index contributed by atoms with van der Waals surface area (Å²) < 4.78 is 23.4. The number of benzene rings is 4. The fourth-order valence-corrected chi connectivity index (χ4v) is 5.59. The van der Waals surface area contributed by atoms with Crippen molar-refractivity contribution in [2.24, 2.45) is 0 Å². The van der Waals surface area contributed by atoms with Gasteiger partial charge in [0.25, 0.3) is 0 Å². The lowest BCUT2D eigenvalue weighted by molar-refractivity contribution is 0.166. The molecule has 0 bridgehead atoms. The monoisotopic (exact) mass is 496 g/mol. The van der Waals surface area contributed by atoms with Gasteiger partial charge >= 0.3 is 0 Å². The molecule has 0 heterocycles. The van der Waals surface area contributed by atoms with E-state index < -0.39 is 6.10 Å². The Morgan fingerprint density at radius 1 is 0.595 bits per heavy atom. The van der Waals surface area contributed by atoms with Crippen molar-refractivity contribution in [3.05, 3.63) is 119 Å². The molecule has 0 spiro atoms. The first-order valence-electron chi connectivity index (χ1n) is 12.4. The van der Waals surface area contributed by atoms with Crippen LogP contribution in [-0.4, -0.2) is 32.5 Å². The average Bonchev–Trinajstić information content (AvgIpc) is 2.95. The molecule has 0 saturated carbocycles. The van der Waals surface area contributed by atoms with E-state index in [4.69, 9.17) is 18.9 Å². The van der Waals surface area contributed by atoms with Crippen LogP contribution in [0.3, 0.4) is 0 Å². The molecule has 0 fully saturated rings. The number of aliphatic hydroxyl groups is 1. The van der Waals surface area contributed by atoms with Gasteiger partial charge in [0, 0.05) is 11.8 Å². The van der Waals surface area contributed by atoms with Crippen LogP contribution in [0.5, 0.6) is 23.0 Å². The van der Waals surface area contributed by atoms with E-state index in [2.05, 4.69) is 25.1 Å². The number of hydrogen-bond acceptors (Lipinski definition) is 5. The lowest BCUT2D eigenvalue weighted by Crippen LogP contribution is -2.31. The Morgan fingerprint density at radius 3 is 1.65 bits per heavy atom. The molecule has 0 aliphatic heterocycles. The summed E-state index contributed by atoms with van der Waals surface area (Å²) in [6.45, 7) is 2.09. The Kier molecular flexibility index (Phi) is 7.06. The number of para-hydroxylation sites is 2. The van der Waals surface area contributed by atoms with E-state index in [-0.39, 0.29) is 17.9 Å². The van der Waals surface area contributed by atoms with E-state index in [1.165, 1.54) is 0 Å². The Labute approximate surface area is 218 Å². The Balaban J connectivity index is 1.70. The number of aliphatic hydroxyl groups excluding tert-OH is 1. The summed E-state index contributed by atoms with van der Waals surface area (Å²) >= 11 is 0. The number of fused-ring (bicyclic) bond motifs is 2. The van der Waals surface area contributed by atoms with E-state index in [1.807, 2.05) is 72.8 Å². The van der Waals surface area contributed by atoms with Crippen LogP contribution in [-0.2, 0) is 0 Å². The molecule has 1 aliphatic carbocycles. The smallest absolute Gasteiger partial charge is 0.161 e. The van der Waals surface area contributed by atoms with Crippen LogP contribution in [0.4, 0.5) is 0 Å². The van der Waals surface area contributed by atoms with E-state index in [9.17, 15) is 5.11 Å². The number of hydrogen-bond donors (Lipinski definition) is 1.